The number of carbonyl (C=O) groups excluding carboxylic acids is 1. The fraction of sp³-hybridized carbons (Fsp3) is 0.474. The first-order valence-electron chi connectivity index (χ1n) is 8.89. The monoisotopic (exact) mass is 341 g/mol. The van der Waals surface area contributed by atoms with Gasteiger partial charge in [-0.3, -0.25) is 4.68 Å². The average molecular weight is 341 g/mol. The van der Waals surface area contributed by atoms with Crippen LogP contribution in [0.25, 0.3) is 0 Å². The van der Waals surface area contributed by atoms with Gasteiger partial charge >= 0.3 is 6.03 Å². The van der Waals surface area contributed by atoms with Crippen LogP contribution in [0.5, 0.6) is 0 Å². The molecule has 25 heavy (non-hydrogen) atoms. The van der Waals surface area contributed by atoms with Crippen molar-refractivity contribution in [2.75, 3.05) is 36.9 Å². The van der Waals surface area contributed by atoms with Crippen LogP contribution in [0.15, 0.2) is 36.7 Å². The lowest BCUT2D eigenvalue weighted by molar-refractivity contribution is 0.221. The molecule has 134 valence electrons. The van der Waals surface area contributed by atoms with E-state index in [-0.39, 0.29) is 6.03 Å². The Bertz CT molecular complexity index is 726. The molecule has 1 N–H and O–H groups in total. The minimum absolute atomic E-state index is 0.00927. The van der Waals surface area contributed by atoms with Gasteiger partial charge in [0, 0.05) is 51.3 Å². The van der Waals surface area contributed by atoms with Gasteiger partial charge in [0.1, 0.15) is 0 Å². The maximum Gasteiger partial charge on any atom is 0.321 e. The summed E-state index contributed by atoms with van der Waals surface area (Å²) < 4.78 is 1.83. The molecule has 0 spiro atoms. The molecule has 1 unspecified atom stereocenters. The molecule has 1 fully saturated rings. The minimum Gasteiger partial charge on any atom is -0.375 e. The lowest BCUT2D eigenvalue weighted by Gasteiger charge is -2.20. The Hall–Kier alpha value is -2.50. The third-order valence-corrected chi connectivity index (χ3v) is 4.87. The number of aryl methyl sites for hydroxylation is 1. The van der Waals surface area contributed by atoms with E-state index >= 15 is 0 Å². The Morgan fingerprint density at radius 3 is 3.00 bits per heavy atom. The standard InChI is InChI=1S/C19H27N5O/c1-4-22(2)18-7-5-6-17(11-18)21-19(25)24-9-8-15(14-24)10-16-12-20-23(3)13-16/h5-7,11-13,15H,4,8-10,14H2,1-3H3,(H,21,25). The van der Waals surface area contributed by atoms with Crippen LogP contribution in [-0.4, -0.2) is 47.4 Å². The summed E-state index contributed by atoms with van der Waals surface area (Å²) in [5, 5.41) is 7.25. The van der Waals surface area contributed by atoms with Gasteiger partial charge in [-0.05, 0) is 49.4 Å². The largest absolute Gasteiger partial charge is 0.375 e. The Labute approximate surface area is 149 Å². The zero-order valence-electron chi connectivity index (χ0n) is 15.3. The molecule has 2 heterocycles. The zero-order chi connectivity index (χ0) is 17.8. The molecule has 2 amide bonds. The number of nitrogens with one attached hydrogen (secondary N) is 1. The minimum atomic E-state index is -0.00927. The smallest absolute Gasteiger partial charge is 0.321 e. The van der Waals surface area contributed by atoms with Crippen molar-refractivity contribution < 1.29 is 4.79 Å². The molecule has 0 radical (unpaired) electrons. The number of carbonyl (C=O) groups is 1. The van der Waals surface area contributed by atoms with Crippen molar-refractivity contribution >= 4 is 17.4 Å². The third kappa shape index (κ3) is 4.32. The Morgan fingerprint density at radius 2 is 2.28 bits per heavy atom. The van der Waals surface area contributed by atoms with Gasteiger partial charge in [0.25, 0.3) is 0 Å². The molecule has 3 rings (SSSR count). The summed E-state index contributed by atoms with van der Waals surface area (Å²) in [6, 6.07) is 7.98. The van der Waals surface area contributed by atoms with Crippen LogP contribution in [0.1, 0.15) is 18.9 Å². The van der Waals surface area contributed by atoms with Crippen molar-refractivity contribution in [3.05, 3.63) is 42.2 Å². The van der Waals surface area contributed by atoms with Gasteiger partial charge in [-0.2, -0.15) is 5.10 Å². The van der Waals surface area contributed by atoms with Gasteiger partial charge in [0.05, 0.1) is 6.20 Å². The molecule has 0 bridgehead atoms. The van der Waals surface area contributed by atoms with Crippen molar-refractivity contribution in [1.82, 2.24) is 14.7 Å². The number of hydrogen-bond donors (Lipinski definition) is 1. The van der Waals surface area contributed by atoms with E-state index in [0.29, 0.717) is 5.92 Å². The zero-order valence-corrected chi connectivity index (χ0v) is 15.3. The van der Waals surface area contributed by atoms with E-state index in [2.05, 4.69) is 34.5 Å². The van der Waals surface area contributed by atoms with Crippen molar-refractivity contribution in [2.45, 2.75) is 19.8 Å². The summed E-state index contributed by atoms with van der Waals surface area (Å²) in [7, 11) is 3.98. The fourth-order valence-electron chi connectivity index (χ4n) is 3.30. The predicted molar refractivity (Wildman–Crippen MR) is 101 cm³/mol. The number of anilines is 2. The van der Waals surface area contributed by atoms with Gasteiger partial charge in [-0.15, -0.1) is 0 Å². The van der Waals surface area contributed by atoms with Crippen LogP contribution in [-0.2, 0) is 13.5 Å². The van der Waals surface area contributed by atoms with Crippen LogP contribution in [0.3, 0.4) is 0 Å². The second-order valence-electron chi connectivity index (χ2n) is 6.82. The van der Waals surface area contributed by atoms with Gasteiger partial charge in [0.2, 0.25) is 0 Å². The number of likely N-dealkylation sites (tertiary alicyclic amines) is 1. The first-order valence-corrected chi connectivity index (χ1v) is 8.89. The van der Waals surface area contributed by atoms with E-state index in [0.717, 1.165) is 43.9 Å². The molecule has 1 aliphatic rings. The predicted octanol–water partition coefficient (Wildman–Crippen LogP) is 2.97. The van der Waals surface area contributed by atoms with E-state index in [9.17, 15) is 4.79 Å². The molecule has 1 aliphatic heterocycles. The van der Waals surface area contributed by atoms with Gasteiger partial charge < -0.3 is 15.1 Å². The molecule has 6 heteroatoms. The summed E-state index contributed by atoms with van der Waals surface area (Å²) >= 11 is 0. The molecule has 2 aromatic rings. The molecule has 0 saturated carbocycles. The number of aromatic nitrogens is 2. The second kappa shape index (κ2) is 7.59. The van der Waals surface area contributed by atoms with Crippen molar-refractivity contribution in [3.8, 4) is 0 Å². The number of nitrogens with zero attached hydrogens (tertiary/aromatic N) is 4. The molecule has 6 nitrogen and oxygen atoms in total. The Kier molecular flexibility index (Phi) is 5.26. The molecular formula is C19H27N5O. The molecular weight excluding hydrogens is 314 g/mol. The summed E-state index contributed by atoms with van der Waals surface area (Å²) in [4.78, 5) is 16.6. The van der Waals surface area contributed by atoms with Crippen molar-refractivity contribution in [2.24, 2.45) is 13.0 Å². The van der Waals surface area contributed by atoms with Gasteiger partial charge in [-0.25, -0.2) is 4.79 Å². The molecule has 1 aromatic heterocycles. The maximum absolute atomic E-state index is 12.6. The number of amides is 2. The van der Waals surface area contributed by atoms with Crippen LogP contribution >= 0.6 is 0 Å². The van der Waals surface area contributed by atoms with Gasteiger partial charge in [-0.1, -0.05) is 6.07 Å². The number of rotatable bonds is 5. The van der Waals surface area contributed by atoms with E-state index in [1.54, 1.807) is 0 Å². The highest BCUT2D eigenvalue weighted by Gasteiger charge is 2.26. The van der Waals surface area contributed by atoms with Gasteiger partial charge in [0.15, 0.2) is 0 Å². The molecule has 1 aromatic carbocycles. The lowest BCUT2D eigenvalue weighted by Crippen LogP contribution is -2.33. The second-order valence-corrected chi connectivity index (χ2v) is 6.82. The fourth-order valence-corrected chi connectivity index (χ4v) is 3.30. The lowest BCUT2D eigenvalue weighted by atomic mass is 10.0. The van der Waals surface area contributed by atoms with Crippen LogP contribution in [0.2, 0.25) is 0 Å². The molecule has 1 atom stereocenters. The highest BCUT2D eigenvalue weighted by atomic mass is 16.2. The number of hydrogen-bond acceptors (Lipinski definition) is 3. The topological polar surface area (TPSA) is 53.4 Å². The number of urea groups is 1. The molecule has 1 saturated heterocycles. The SMILES string of the molecule is CCN(C)c1cccc(NC(=O)N2CCC(Cc3cnn(C)c3)C2)c1. The highest BCUT2D eigenvalue weighted by molar-refractivity contribution is 5.90. The Balaban J connectivity index is 1.55. The summed E-state index contributed by atoms with van der Waals surface area (Å²) in [5.41, 5.74) is 3.19. The van der Waals surface area contributed by atoms with Crippen LogP contribution in [0.4, 0.5) is 16.2 Å². The quantitative estimate of drug-likeness (QED) is 0.910. The van der Waals surface area contributed by atoms with E-state index in [1.807, 2.05) is 48.1 Å². The van der Waals surface area contributed by atoms with Crippen molar-refractivity contribution in [3.63, 3.8) is 0 Å². The number of benzene rings is 1. The van der Waals surface area contributed by atoms with Crippen LogP contribution < -0.4 is 10.2 Å². The van der Waals surface area contributed by atoms with E-state index in [4.69, 9.17) is 0 Å². The highest BCUT2D eigenvalue weighted by Crippen LogP contribution is 2.23. The summed E-state index contributed by atoms with van der Waals surface area (Å²) in [6.07, 6.45) is 5.99. The normalized spacial score (nSPS) is 16.9. The van der Waals surface area contributed by atoms with E-state index in [1.165, 1.54) is 5.56 Å². The van der Waals surface area contributed by atoms with Crippen molar-refractivity contribution in [1.29, 1.82) is 0 Å². The average Bonchev–Trinajstić information content (AvgIpc) is 3.24. The molecule has 0 aliphatic carbocycles. The van der Waals surface area contributed by atoms with Crippen LogP contribution in [0, 0.1) is 5.92 Å². The maximum atomic E-state index is 12.6. The first kappa shape index (κ1) is 17.3. The summed E-state index contributed by atoms with van der Waals surface area (Å²) in [6.45, 7) is 4.65. The third-order valence-electron chi connectivity index (χ3n) is 4.87. The Morgan fingerprint density at radius 1 is 1.44 bits per heavy atom. The van der Waals surface area contributed by atoms with E-state index < -0.39 is 0 Å². The first-order chi connectivity index (χ1) is 12.0. The summed E-state index contributed by atoms with van der Waals surface area (Å²) in [5.74, 6) is 0.507.